The molecule has 0 radical (unpaired) electrons. The second kappa shape index (κ2) is 3.56. The molecule has 1 fully saturated rings. The minimum atomic E-state index is 0.341. The number of H-pyrrole nitrogens is 1. The van der Waals surface area contributed by atoms with Gasteiger partial charge in [-0.05, 0) is 37.8 Å². The van der Waals surface area contributed by atoms with Gasteiger partial charge in [-0.25, -0.2) is 9.97 Å². The fourth-order valence-electron chi connectivity index (χ4n) is 2.48. The number of nitrogens with two attached hydrogens (primary N) is 1. The summed E-state index contributed by atoms with van der Waals surface area (Å²) in [5.74, 6) is 1.55. The summed E-state index contributed by atoms with van der Waals surface area (Å²) in [6.07, 6.45) is 5.14. The summed E-state index contributed by atoms with van der Waals surface area (Å²) in [6, 6.07) is 2.43. The van der Waals surface area contributed by atoms with Crippen LogP contribution in [0.5, 0.6) is 0 Å². The van der Waals surface area contributed by atoms with Crippen LogP contribution in [0, 0.1) is 6.92 Å². The number of nitrogens with one attached hydrogen (secondary N) is 1. The van der Waals surface area contributed by atoms with Crippen LogP contribution in [0.2, 0.25) is 0 Å². The number of fused-ring (bicyclic) bond motifs is 1. The largest absolute Gasteiger partial charge is 0.340 e. The molecule has 2 heterocycles. The summed E-state index contributed by atoms with van der Waals surface area (Å²) in [4.78, 5) is 12.2. The van der Waals surface area contributed by atoms with Gasteiger partial charge in [0, 0.05) is 18.2 Å². The molecule has 2 aromatic rings. The molecule has 0 aromatic carbocycles. The van der Waals surface area contributed by atoms with Gasteiger partial charge in [0.15, 0.2) is 5.65 Å². The van der Waals surface area contributed by atoms with Gasteiger partial charge in [0.25, 0.3) is 0 Å². The summed E-state index contributed by atoms with van der Waals surface area (Å²) in [5.41, 5.74) is 8.94. The zero-order valence-electron chi connectivity index (χ0n) is 9.40. The fourth-order valence-corrected chi connectivity index (χ4v) is 2.48. The van der Waals surface area contributed by atoms with Gasteiger partial charge in [-0.2, -0.15) is 0 Å². The van der Waals surface area contributed by atoms with E-state index < -0.39 is 0 Å². The molecule has 0 bridgehead atoms. The summed E-state index contributed by atoms with van der Waals surface area (Å²) in [5, 5.41) is 0. The molecule has 1 aliphatic carbocycles. The first-order valence-electron chi connectivity index (χ1n) is 5.80. The van der Waals surface area contributed by atoms with Gasteiger partial charge < -0.3 is 10.7 Å². The monoisotopic (exact) mass is 216 g/mol. The van der Waals surface area contributed by atoms with E-state index >= 15 is 0 Å². The second-order valence-corrected chi connectivity index (χ2v) is 4.78. The van der Waals surface area contributed by atoms with Crippen LogP contribution in [0.1, 0.15) is 36.6 Å². The number of imidazole rings is 1. The molecule has 4 nitrogen and oxygen atoms in total. The maximum atomic E-state index is 5.92. The van der Waals surface area contributed by atoms with E-state index in [2.05, 4.69) is 21.0 Å². The lowest BCUT2D eigenvalue weighted by Gasteiger charge is -2.04. The van der Waals surface area contributed by atoms with Crippen molar-refractivity contribution in [2.45, 2.75) is 38.1 Å². The Hall–Kier alpha value is -1.42. The van der Waals surface area contributed by atoms with Gasteiger partial charge in [0.05, 0.1) is 5.52 Å². The Labute approximate surface area is 94.3 Å². The van der Waals surface area contributed by atoms with Crippen molar-refractivity contribution in [3.8, 4) is 0 Å². The molecule has 1 aliphatic rings. The van der Waals surface area contributed by atoms with Crippen LogP contribution in [-0.2, 0) is 0 Å². The Kier molecular flexibility index (Phi) is 2.17. The summed E-state index contributed by atoms with van der Waals surface area (Å²) >= 11 is 0. The van der Waals surface area contributed by atoms with E-state index in [4.69, 9.17) is 5.73 Å². The van der Waals surface area contributed by atoms with E-state index in [1.54, 1.807) is 0 Å². The first-order valence-corrected chi connectivity index (χ1v) is 5.80. The molecule has 0 saturated heterocycles. The van der Waals surface area contributed by atoms with E-state index in [0.717, 1.165) is 41.8 Å². The Bertz CT molecular complexity index is 517. The normalized spacial score (nSPS) is 25.4. The first kappa shape index (κ1) is 9.78. The van der Waals surface area contributed by atoms with E-state index in [-0.39, 0.29) is 0 Å². The molecule has 0 amide bonds. The predicted molar refractivity (Wildman–Crippen MR) is 63.2 cm³/mol. The minimum absolute atomic E-state index is 0.341. The molecule has 0 spiro atoms. The maximum Gasteiger partial charge on any atom is 0.177 e. The van der Waals surface area contributed by atoms with Gasteiger partial charge >= 0.3 is 0 Å². The van der Waals surface area contributed by atoms with Gasteiger partial charge in [0.2, 0.25) is 0 Å². The van der Waals surface area contributed by atoms with Crippen LogP contribution in [0.15, 0.2) is 12.3 Å². The number of rotatable bonds is 1. The molecule has 3 rings (SSSR count). The summed E-state index contributed by atoms with van der Waals surface area (Å²) in [7, 11) is 0. The molecule has 2 atom stereocenters. The van der Waals surface area contributed by atoms with Crippen LogP contribution < -0.4 is 5.73 Å². The van der Waals surface area contributed by atoms with Crippen molar-refractivity contribution >= 4 is 11.2 Å². The highest BCUT2D eigenvalue weighted by Gasteiger charge is 2.25. The van der Waals surface area contributed by atoms with E-state index in [1.807, 2.05) is 13.1 Å². The standard InChI is InChI=1S/C12H16N4/c1-7-4-10-12(14-6-7)16-11(15-10)8-2-3-9(13)5-8/h4,6,8-9H,2-3,5,13H2,1H3,(H,14,15,16). The first-order chi connectivity index (χ1) is 7.72. The minimum Gasteiger partial charge on any atom is -0.340 e. The highest BCUT2D eigenvalue weighted by atomic mass is 15.0. The van der Waals surface area contributed by atoms with E-state index in [9.17, 15) is 0 Å². The molecule has 4 heteroatoms. The Morgan fingerprint density at radius 3 is 3.06 bits per heavy atom. The van der Waals surface area contributed by atoms with Crippen LogP contribution >= 0.6 is 0 Å². The zero-order valence-corrected chi connectivity index (χ0v) is 9.40. The molecular formula is C12H16N4. The van der Waals surface area contributed by atoms with Crippen molar-refractivity contribution in [3.63, 3.8) is 0 Å². The molecule has 2 unspecified atom stereocenters. The number of hydrogen-bond acceptors (Lipinski definition) is 3. The van der Waals surface area contributed by atoms with Crippen molar-refractivity contribution in [2.75, 3.05) is 0 Å². The lowest BCUT2D eigenvalue weighted by Crippen LogP contribution is -2.14. The Morgan fingerprint density at radius 1 is 1.44 bits per heavy atom. The SMILES string of the molecule is Cc1cnc2nc(C3CCC(N)C3)[nH]c2c1. The fraction of sp³-hybridized carbons (Fsp3) is 0.500. The number of aryl methyl sites for hydroxylation is 1. The lowest BCUT2D eigenvalue weighted by molar-refractivity contribution is 0.651. The van der Waals surface area contributed by atoms with Crippen molar-refractivity contribution in [2.24, 2.45) is 5.73 Å². The van der Waals surface area contributed by atoms with Crippen molar-refractivity contribution < 1.29 is 0 Å². The third-order valence-electron chi connectivity index (χ3n) is 3.35. The highest BCUT2D eigenvalue weighted by molar-refractivity contribution is 5.71. The van der Waals surface area contributed by atoms with Crippen LogP contribution in [0.25, 0.3) is 11.2 Å². The number of pyridine rings is 1. The smallest absolute Gasteiger partial charge is 0.177 e. The van der Waals surface area contributed by atoms with Gasteiger partial charge in [-0.1, -0.05) is 0 Å². The second-order valence-electron chi connectivity index (χ2n) is 4.78. The maximum absolute atomic E-state index is 5.92. The molecule has 2 aromatic heterocycles. The van der Waals surface area contributed by atoms with Gasteiger partial charge in [-0.15, -0.1) is 0 Å². The third kappa shape index (κ3) is 1.59. The van der Waals surface area contributed by atoms with Gasteiger partial charge in [-0.3, -0.25) is 0 Å². The van der Waals surface area contributed by atoms with Crippen molar-refractivity contribution in [1.29, 1.82) is 0 Å². The van der Waals surface area contributed by atoms with Crippen molar-refractivity contribution in [1.82, 2.24) is 15.0 Å². The summed E-state index contributed by atoms with van der Waals surface area (Å²) in [6.45, 7) is 2.04. The highest BCUT2D eigenvalue weighted by Crippen LogP contribution is 2.32. The average Bonchev–Trinajstić information content (AvgIpc) is 2.83. The molecule has 16 heavy (non-hydrogen) atoms. The third-order valence-corrected chi connectivity index (χ3v) is 3.35. The molecular weight excluding hydrogens is 200 g/mol. The Morgan fingerprint density at radius 2 is 2.31 bits per heavy atom. The quantitative estimate of drug-likeness (QED) is 0.764. The Balaban J connectivity index is 1.99. The number of nitrogens with zero attached hydrogens (tertiary/aromatic N) is 2. The number of aromatic nitrogens is 3. The average molecular weight is 216 g/mol. The number of aromatic amines is 1. The van der Waals surface area contributed by atoms with Crippen LogP contribution in [0.3, 0.4) is 0 Å². The van der Waals surface area contributed by atoms with Gasteiger partial charge in [0.1, 0.15) is 5.82 Å². The molecule has 3 N–H and O–H groups in total. The van der Waals surface area contributed by atoms with Crippen molar-refractivity contribution in [3.05, 3.63) is 23.7 Å². The number of hydrogen-bond donors (Lipinski definition) is 2. The van der Waals surface area contributed by atoms with Crippen LogP contribution in [-0.4, -0.2) is 21.0 Å². The van der Waals surface area contributed by atoms with Crippen LogP contribution in [0.4, 0.5) is 0 Å². The topological polar surface area (TPSA) is 67.6 Å². The van der Waals surface area contributed by atoms with E-state index in [1.165, 1.54) is 0 Å². The lowest BCUT2D eigenvalue weighted by atomic mass is 10.1. The zero-order chi connectivity index (χ0) is 11.1. The molecule has 84 valence electrons. The summed E-state index contributed by atoms with van der Waals surface area (Å²) < 4.78 is 0. The molecule has 0 aliphatic heterocycles. The molecule has 1 saturated carbocycles. The van der Waals surface area contributed by atoms with E-state index in [0.29, 0.717) is 12.0 Å². The predicted octanol–water partition coefficient (Wildman–Crippen LogP) is 1.86.